The third-order valence-corrected chi connectivity index (χ3v) is 4.18. The van der Waals surface area contributed by atoms with Crippen molar-refractivity contribution in [2.45, 2.75) is 44.8 Å². The Kier molecular flexibility index (Phi) is 2.81. The molecule has 0 spiro atoms. The molecule has 98 valence electrons. The van der Waals surface area contributed by atoms with Gasteiger partial charge >= 0.3 is 0 Å². The fourth-order valence-corrected chi connectivity index (χ4v) is 2.98. The molecule has 1 atom stereocenters. The Morgan fingerprint density at radius 1 is 1.56 bits per heavy atom. The molecular formula is C12H19N5O. The van der Waals surface area contributed by atoms with Crippen molar-refractivity contribution in [2.24, 2.45) is 0 Å². The maximum atomic E-state index is 12.7. The minimum Gasteiger partial charge on any atom is -0.332 e. The SMILES string of the molecule is CCC1(C(=O)N2CCn3cnnc3C2)CCCN1. The number of amides is 1. The van der Waals surface area contributed by atoms with Gasteiger partial charge in [-0.1, -0.05) is 6.92 Å². The van der Waals surface area contributed by atoms with E-state index >= 15 is 0 Å². The Bertz CT molecular complexity index is 449. The first-order valence-corrected chi connectivity index (χ1v) is 6.66. The van der Waals surface area contributed by atoms with Crippen molar-refractivity contribution in [1.29, 1.82) is 0 Å². The van der Waals surface area contributed by atoms with Crippen LogP contribution in [0.4, 0.5) is 0 Å². The molecule has 1 aromatic rings. The lowest BCUT2D eigenvalue weighted by Crippen LogP contribution is -2.55. The monoisotopic (exact) mass is 249 g/mol. The molecule has 3 rings (SSSR count). The van der Waals surface area contributed by atoms with E-state index in [4.69, 9.17) is 0 Å². The van der Waals surface area contributed by atoms with Crippen LogP contribution in [0.15, 0.2) is 6.33 Å². The van der Waals surface area contributed by atoms with Crippen LogP contribution in [0.25, 0.3) is 0 Å². The highest BCUT2D eigenvalue weighted by Gasteiger charge is 2.42. The first kappa shape index (κ1) is 11.6. The van der Waals surface area contributed by atoms with Crippen molar-refractivity contribution >= 4 is 5.91 Å². The predicted octanol–water partition coefficient (Wildman–Crippen LogP) is 0.152. The summed E-state index contributed by atoms with van der Waals surface area (Å²) in [5.74, 6) is 1.12. The number of hydrogen-bond donors (Lipinski definition) is 1. The van der Waals surface area contributed by atoms with E-state index in [-0.39, 0.29) is 11.4 Å². The average Bonchev–Trinajstić information content (AvgIpc) is 3.06. The van der Waals surface area contributed by atoms with Gasteiger partial charge in [0.05, 0.1) is 12.1 Å². The lowest BCUT2D eigenvalue weighted by atomic mass is 9.92. The molecule has 6 heteroatoms. The van der Waals surface area contributed by atoms with Crippen LogP contribution in [-0.2, 0) is 17.9 Å². The van der Waals surface area contributed by atoms with E-state index in [0.29, 0.717) is 6.54 Å². The molecule has 1 amide bonds. The molecule has 0 aliphatic carbocycles. The van der Waals surface area contributed by atoms with E-state index in [2.05, 4.69) is 22.4 Å². The fourth-order valence-electron chi connectivity index (χ4n) is 2.98. The van der Waals surface area contributed by atoms with Crippen LogP contribution in [0.3, 0.4) is 0 Å². The van der Waals surface area contributed by atoms with E-state index in [1.165, 1.54) is 0 Å². The zero-order valence-electron chi connectivity index (χ0n) is 10.7. The summed E-state index contributed by atoms with van der Waals surface area (Å²) in [6.45, 7) is 5.18. The molecule has 18 heavy (non-hydrogen) atoms. The minimum absolute atomic E-state index is 0.233. The van der Waals surface area contributed by atoms with Gasteiger partial charge in [0.2, 0.25) is 5.91 Å². The smallest absolute Gasteiger partial charge is 0.243 e. The second-order valence-corrected chi connectivity index (χ2v) is 5.13. The van der Waals surface area contributed by atoms with E-state index in [9.17, 15) is 4.79 Å². The summed E-state index contributed by atoms with van der Waals surface area (Å²) in [6, 6.07) is 0. The Morgan fingerprint density at radius 3 is 3.17 bits per heavy atom. The molecule has 0 aromatic carbocycles. The molecule has 0 radical (unpaired) electrons. The first-order chi connectivity index (χ1) is 8.75. The average molecular weight is 249 g/mol. The highest BCUT2D eigenvalue weighted by molar-refractivity contribution is 5.86. The van der Waals surface area contributed by atoms with Crippen molar-refractivity contribution in [3.05, 3.63) is 12.2 Å². The predicted molar refractivity (Wildman–Crippen MR) is 65.7 cm³/mol. The van der Waals surface area contributed by atoms with Crippen LogP contribution in [-0.4, -0.2) is 44.2 Å². The van der Waals surface area contributed by atoms with Gasteiger partial charge in [-0.3, -0.25) is 4.79 Å². The lowest BCUT2D eigenvalue weighted by molar-refractivity contribution is -0.139. The molecule has 1 aromatic heterocycles. The summed E-state index contributed by atoms with van der Waals surface area (Å²) >= 11 is 0. The Balaban J connectivity index is 1.78. The molecule has 0 saturated carbocycles. The number of hydrogen-bond acceptors (Lipinski definition) is 4. The van der Waals surface area contributed by atoms with E-state index < -0.39 is 0 Å². The van der Waals surface area contributed by atoms with Crippen LogP contribution in [0.1, 0.15) is 32.0 Å². The number of carbonyl (C=O) groups is 1. The summed E-state index contributed by atoms with van der Waals surface area (Å²) < 4.78 is 2.02. The molecule has 1 saturated heterocycles. The second-order valence-electron chi connectivity index (χ2n) is 5.13. The molecule has 1 unspecified atom stereocenters. The van der Waals surface area contributed by atoms with Gasteiger partial charge in [-0.15, -0.1) is 10.2 Å². The summed E-state index contributed by atoms with van der Waals surface area (Å²) in [5.41, 5.74) is -0.331. The number of aromatic nitrogens is 3. The lowest BCUT2D eigenvalue weighted by Gasteiger charge is -2.35. The Morgan fingerprint density at radius 2 is 2.44 bits per heavy atom. The number of rotatable bonds is 2. The molecule has 3 heterocycles. The standard InChI is InChI=1S/C12H19N5O/c1-2-12(4-3-5-13-12)11(18)16-6-7-17-9-14-15-10(17)8-16/h9,13H,2-8H2,1H3. The molecule has 2 aliphatic rings. The maximum Gasteiger partial charge on any atom is 0.243 e. The molecule has 6 nitrogen and oxygen atoms in total. The van der Waals surface area contributed by atoms with Crippen molar-refractivity contribution in [3.8, 4) is 0 Å². The summed E-state index contributed by atoms with van der Waals surface area (Å²) in [7, 11) is 0. The molecule has 2 aliphatic heterocycles. The Hall–Kier alpha value is -1.43. The van der Waals surface area contributed by atoms with Crippen LogP contribution in [0.2, 0.25) is 0 Å². The summed E-state index contributed by atoms with van der Waals surface area (Å²) in [5, 5.41) is 11.4. The fraction of sp³-hybridized carbons (Fsp3) is 0.750. The number of nitrogens with one attached hydrogen (secondary N) is 1. The van der Waals surface area contributed by atoms with E-state index in [0.717, 1.165) is 44.7 Å². The van der Waals surface area contributed by atoms with Crippen LogP contribution >= 0.6 is 0 Å². The third kappa shape index (κ3) is 1.71. The number of nitrogens with zero attached hydrogens (tertiary/aromatic N) is 4. The second kappa shape index (κ2) is 4.35. The van der Waals surface area contributed by atoms with E-state index in [1.807, 2.05) is 9.47 Å². The van der Waals surface area contributed by atoms with Gasteiger partial charge in [-0.05, 0) is 25.8 Å². The molecule has 1 N–H and O–H groups in total. The topological polar surface area (TPSA) is 63.1 Å². The van der Waals surface area contributed by atoms with Crippen molar-refractivity contribution < 1.29 is 4.79 Å². The maximum absolute atomic E-state index is 12.7. The Labute approximate surface area is 106 Å². The van der Waals surface area contributed by atoms with Crippen LogP contribution in [0.5, 0.6) is 0 Å². The normalized spacial score (nSPS) is 27.3. The van der Waals surface area contributed by atoms with Gasteiger partial charge in [0, 0.05) is 13.1 Å². The zero-order chi connectivity index (χ0) is 12.6. The van der Waals surface area contributed by atoms with Crippen LogP contribution < -0.4 is 5.32 Å². The van der Waals surface area contributed by atoms with Gasteiger partial charge in [0.15, 0.2) is 5.82 Å². The van der Waals surface area contributed by atoms with Crippen molar-refractivity contribution in [2.75, 3.05) is 13.1 Å². The molecule has 1 fully saturated rings. The third-order valence-electron chi connectivity index (χ3n) is 4.18. The summed E-state index contributed by atoms with van der Waals surface area (Å²) in [4.78, 5) is 14.6. The molecular weight excluding hydrogens is 230 g/mol. The van der Waals surface area contributed by atoms with Gasteiger partial charge in [-0.2, -0.15) is 0 Å². The quantitative estimate of drug-likeness (QED) is 0.810. The van der Waals surface area contributed by atoms with Crippen LogP contribution in [0, 0.1) is 0 Å². The van der Waals surface area contributed by atoms with Gasteiger partial charge < -0.3 is 14.8 Å². The summed E-state index contributed by atoms with van der Waals surface area (Å²) in [6.07, 6.45) is 4.63. The highest BCUT2D eigenvalue weighted by Crippen LogP contribution is 2.26. The zero-order valence-corrected chi connectivity index (χ0v) is 10.7. The number of carbonyl (C=O) groups excluding carboxylic acids is 1. The van der Waals surface area contributed by atoms with Gasteiger partial charge in [-0.25, -0.2) is 0 Å². The van der Waals surface area contributed by atoms with E-state index in [1.54, 1.807) is 6.33 Å². The minimum atomic E-state index is -0.331. The van der Waals surface area contributed by atoms with Crippen molar-refractivity contribution in [1.82, 2.24) is 25.0 Å². The number of fused-ring (bicyclic) bond motifs is 1. The van der Waals surface area contributed by atoms with Crippen molar-refractivity contribution in [3.63, 3.8) is 0 Å². The highest BCUT2D eigenvalue weighted by atomic mass is 16.2. The largest absolute Gasteiger partial charge is 0.332 e. The van der Waals surface area contributed by atoms with Gasteiger partial charge in [0.1, 0.15) is 6.33 Å². The first-order valence-electron chi connectivity index (χ1n) is 6.66. The van der Waals surface area contributed by atoms with Gasteiger partial charge in [0.25, 0.3) is 0 Å². The molecule has 0 bridgehead atoms.